The van der Waals surface area contributed by atoms with Gasteiger partial charge in [0, 0.05) is 23.7 Å². The van der Waals surface area contributed by atoms with E-state index in [0.717, 1.165) is 37.6 Å². The highest BCUT2D eigenvalue weighted by Crippen LogP contribution is 2.31. The topological polar surface area (TPSA) is 104 Å². The Kier molecular flexibility index (Phi) is 7.93. The van der Waals surface area contributed by atoms with Crippen LogP contribution in [-0.2, 0) is 30.7 Å². The zero-order chi connectivity index (χ0) is 22.6. The van der Waals surface area contributed by atoms with Gasteiger partial charge >= 0.3 is 5.97 Å². The molecule has 1 aromatic heterocycles. The van der Waals surface area contributed by atoms with Crippen molar-refractivity contribution in [2.45, 2.75) is 77.0 Å². The summed E-state index contributed by atoms with van der Waals surface area (Å²) in [5.74, 6) is 0.175. The quantitative estimate of drug-likeness (QED) is 0.603. The third kappa shape index (κ3) is 6.40. The molecule has 9 heteroatoms. The molecule has 174 valence electrons. The Hall–Kier alpha value is -1.71. The van der Waals surface area contributed by atoms with Gasteiger partial charge in [0.2, 0.25) is 10.0 Å². The Bertz CT molecular complexity index is 934. The van der Waals surface area contributed by atoms with Crippen LogP contribution in [0, 0.1) is 12.8 Å². The molecule has 0 aromatic carbocycles. The molecular formula is C22H34N2O6S. The fourth-order valence-electron chi connectivity index (χ4n) is 4.73. The smallest absolute Gasteiger partial charge is 0.306 e. The first-order chi connectivity index (χ1) is 14.7. The lowest BCUT2D eigenvalue weighted by Gasteiger charge is -2.37. The summed E-state index contributed by atoms with van der Waals surface area (Å²) in [5, 5.41) is 0. The van der Waals surface area contributed by atoms with Crippen LogP contribution in [-0.4, -0.2) is 50.6 Å². The molecule has 2 heterocycles. The maximum atomic E-state index is 12.9. The van der Waals surface area contributed by atoms with Gasteiger partial charge in [-0.15, -0.1) is 0 Å². The Balaban J connectivity index is 1.66. The fraction of sp³-hybridized carbons (Fsp3) is 0.727. The number of pyridine rings is 1. The molecule has 1 saturated carbocycles. The molecule has 2 unspecified atom stereocenters. The molecule has 0 radical (unpaired) electrons. The fourth-order valence-corrected chi connectivity index (χ4v) is 5.56. The lowest BCUT2D eigenvalue weighted by Crippen LogP contribution is -2.49. The standard InChI is InChI=1S/C22H34N2O6S/c1-4-29-21(25)13-16-6-10-18(11-7-16)30-14-20-19(23-31(3,27)28)12-9-17-8-5-15(2)22(26)24(17)20/h5,8,16,18-20,23H,4,6-7,9-14H2,1-3H3. The van der Waals surface area contributed by atoms with Crippen LogP contribution >= 0.6 is 0 Å². The number of aryl methyl sites for hydroxylation is 2. The van der Waals surface area contributed by atoms with Crippen LogP contribution in [0.15, 0.2) is 16.9 Å². The Morgan fingerprint density at radius 3 is 2.55 bits per heavy atom. The number of hydrogen-bond donors (Lipinski definition) is 1. The Labute approximate surface area is 184 Å². The minimum absolute atomic E-state index is 0.0446. The van der Waals surface area contributed by atoms with Crippen molar-refractivity contribution in [2.75, 3.05) is 19.5 Å². The molecule has 8 nitrogen and oxygen atoms in total. The predicted molar refractivity (Wildman–Crippen MR) is 118 cm³/mol. The maximum absolute atomic E-state index is 12.9. The van der Waals surface area contributed by atoms with Crippen LogP contribution in [0.3, 0.4) is 0 Å². The summed E-state index contributed by atoms with van der Waals surface area (Å²) in [6.07, 6.45) is 6.38. The van der Waals surface area contributed by atoms with Gasteiger partial charge in [0.1, 0.15) is 0 Å². The first kappa shape index (κ1) is 23.9. The largest absolute Gasteiger partial charge is 0.466 e. The highest BCUT2D eigenvalue weighted by molar-refractivity contribution is 7.88. The highest BCUT2D eigenvalue weighted by atomic mass is 32.2. The van der Waals surface area contributed by atoms with E-state index in [4.69, 9.17) is 9.47 Å². The number of esters is 1. The second-order valence-corrected chi connectivity index (χ2v) is 10.6. The molecule has 1 aliphatic carbocycles. The number of carbonyl (C=O) groups excluding carboxylic acids is 1. The van der Waals surface area contributed by atoms with E-state index in [2.05, 4.69) is 4.72 Å². The number of aromatic nitrogens is 1. The first-order valence-electron chi connectivity index (χ1n) is 11.1. The third-order valence-corrected chi connectivity index (χ3v) is 7.05. The number of nitrogens with zero attached hydrogens (tertiary/aromatic N) is 1. The minimum Gasteiger partial charge on any atom is -0.466 e. The summed E-state index contributed by atoms with van der Waals surface area (Å²) in [7, 11) is -3.41. The van der Waals surface area contributed by atoms with E-state index in [1.165, 1.54) is 0 Å². The molecule has 1 fully saturated rings. The number of rotatable bonds is 8. The van der Waals surface area contributed by atoms with Gasteiger partial charge in [-0.3, -0.25) is 9.59 Å². The van der Waals surface area contributed by atoms with Crippen molar-refractivity contribution < 1.29 is 22.7 Å². The van der Waals surface area contributed by atoms with Crippen molar-refractivity contribution >= 4 is 16.0 Å². The molecule has 31 heavy (non-hydrogen) atoms. The average Bonchev–Trinajstić information content (AvgIpc) is 2.70. The van der Waals surface area contributed by atoms with E-state index in [9.17, 15) is 18.0 Å². The molecule has 0 spiro atoms. The summed E-state index contributed by atoms with van der Waals surface area (Å²) in [4.78, 5) is 24.6. The van der Waals surface area contributed by atoms with Crippen molar-refractivity contribution in [3.05, 3.63) is 33.7 Å². The minimum atomic E-state index is -3.41. The number of nitrogens with one attached hydrogen (secondary N) is 1. The van der Waals surface area contributed by atoms with Gasteiger partial charge in [-0.1, -0.05) is 6.07 Å². The Morgan fingerprint density at radius 1 is 1.19 bits per heavy atom. The van der Waals surface area contributed by atoms with Gasteiger partial charge < -0.3 is 14.0 Å². The second kappa shape index (κ2) is 10.3. The van der Waals surface area contributed by atoms with Gasteiger partial charge in [0.25, 0.3) is 5.56 Å². The number of fused-ring (bicyclic) bond motifs is 1. The molecule has 0 bridgehead atoms. The second-order valence-electron chi connectivity index (χ2n) is 8.77. The number of sulfonamides is 1. The number of ether oxygens (including phenoxy) is 2. The van der Waals surface area contributed by atoms with Crippen molar-refractivity contribution in [1.82, 2.24) is 9.29 Å². The highest BCUT2D eigenvalue weighted by Gasteiger charge is 2.34. The van der Waals surface area contributed by atoms with Crippen LogP contribution in [0.25, 0.3) is 0 Å². The van der Waals surface area contributed by atoms with E-state index >= 15 is 0 Å². The zero-order valence-electron chi connectivity index (χ0n) is 18.6. The summed E-state index contributed by atoms with van der Waals surface area (Å²) < 4.78 is 39.5. The van der Waals surface area contributed by atoms with Crippen molar-refractivity contribution in [3.63, 3.8) is 0 Å². The monoisotopic (exact) mass is 454 g/mol. The Morgan fingerprint density at radius 2 is 1.90 bits per heavy atom. The van der Waals surface area contributed by atoms with Crippen molar-refractivity contribution in [2.24, 2.45) is 5.92 Å². The maximum Gasteiger partial charge on any atom is 0.306 e. The summed E-state index contributed by atoms with van der Waals surface area (Å²) in [6.45, 7) is 4.26. The van der Waals surface area contributed by atoms with Crippen LogP contribution in [0.1, 0.15) is 62.7 Å². The van der Waals surface area contributed by atoms with E-state index < -0.39 is 10.0 Å². The van der Waals surface area contributed by atoms with E-state index in [1.54, 1.807) is 11.5 Å². The molecule has 1 aliphatic heterocycles. The molecule has 1 N–H and O–H groups in total. The van der Waals surface area contributed by atoms with E-state index in [0.29, 0.717) is 37.4 Å². The van der Waals surface area contributed by atoms with E-state index in [1.807, 2.05) is 19.1 Å². The lowest BCUT2D eigenvalue weighted by molar-refractivity contribution is -0.144. The molecular weight excluding hydrogens is 420 g/mol. The van der Waals surface area contributed by atoms with Crippen LogP contribution < -0.4 is 10.3 Å². The first-order valence-corrected chi connectivity index (χ1v) is 13.0. The van der Waals surface area contributed by atoms with Gasteiger partial charge in [0.15, 0.2) is 0 Å². The van der Waals surface area contributed by atoms with Crippen LogP contribution in [0.4, 0.5) is 0 Å². The average molecular weight is 455 g/mol. The van der Waals surface area contributed by atoms with Crippen LogP contribution in [0.5, 0.6) is 0 Å². The molecule has 2 aliphatic rings. The van der Waals surface area contributed by atoms with Gasteiger partial charge in [0.05, 0.1) is 31.6 Å². The SMILES string of the molecule is CCOC(=O)CC1CCC(OCC2C(NS(C)(=O)=O)CCc3ccc(C)c(=O)n32)CC1. The zero-order valence-corrected chi connectivity index (χ0v) is 19.4. The van der Waals surface area contributed by atoms with Crippen LogP contribution in [0.2, 0.25) is 0 Å². The molecule has 0 saturated heterocycles. The molecule has 2 atom stereocenters. The molecule has 3 rings (SSSR count). The number of carbonyl (C=O) groups is 1. The lowest BCUT2D eigenvalue weighted by atomic mass is 9.85. The van der Waals surface area contributed by atoms with Crippen molar-refractivity contribution in [1.29, 1.82) is 0 Å². The normalized spacial score (nSPS) is 26.3. The van der Waals surface area contributed by atoms with Gasteiger partial charge in [-0.05, 0) is 64.4 Å². The number of hydrogen-bond acceptors (Lipinski definition) is 6. The summed E-state index contributed by atoms with van der Waals surface area (Å²) >= 11 is 0. The van der Waals surface area contributed by atoms with Crippen molar-refractivity contribution in [3.8, 4) is 0 Å². The molecule has 1 aromatic rings. The van der Waals surface area contributed by atoms with Gasteiger partial charge in [-0.2, -0.15) is 0 Å². The third-order valence-electron chi connectivity index (χ3n) is 6.32. The molecule has 0 amide bonds. The van der Waals surface area contributed by atoms with Gasteiger partial charge in [-0.25, -0.2) is 13.1 Å². The van der Waals surface area contributed by atoms with E-state index in [-0.39, 0.29) is 36.3 Å². The predicted octanol–water partition coefficient (Wildman–Crippen LogP) is 2.09. The summed E-state index contributed by atoms with van der Waals surface area (Å²) in [6, 6.07) is 2.99. The summed E-state index contributed by atoms with van der Waals surface area (Å²) in [5.41, 5.74) is 1.45.